The molecule has 4 rings (SSSR count). The van der Waals surface area contributed by atoms with E-state index >= 15 is 0 Å². The van der Waals surface area contributed by atoms with Crippen LogP contribution in [0.5, 0.6) is 5.75 Å². The standard InChI is InChI=1S/C19H27NO2.HI/c1-3-4-13-22-17-7-5-15(6-8-17)14(2)18-19(21)16-9-11-20(18)12-10-16;/h5-8,16,18-19,21H,2-4,9-13H2,1H3;1H. The van der Waals surface area contributed by atoms with E-state index < -0.39 is 0 Å². The highest BCUT2D eigenvalue weighted by Crippen LogP contribution is 2.38. The van der Waals surface area contributed by atoms with E-state index in [0.29, 0.717) is 5.92 Å². The number of piperidine rings is 3. The van der Waals surface area contributed by atoms with Crippen molar-refractivity contribution < 1.29 is 9.84 Å². The maximum atomic E-state index is 10.6. The molecule has 2 atom stereocenters. The van der Waals surface area contributed by atoms with Crippen molar-refractivity contribution in [2.75, 3.05) is 19.7 Å². The van der Waals surface area contributed by atoms with Gasteiger partial charge in [0.1, 0.15) is 5.75 Å². The number of unbranched alkanes of at least 4 members (excludes halogenated alkanes) is 1. The average molecular weight is 429 g/mol. The van der Waals surface area contributed by atoms with Gasteiger partial charge in [-0.1, -0.05) is 32.1 Å². The van der Waals surface area contributed by atoms with Crippen molar-refractivity contribution in [3.63, 3.8) is 0 Å². The number of benzene rings is 1. The summed E-state index contributed by atoms with van der Waals surface area (Å²) in [7, 11) is 0. The molecule has 128 valence electrons. The molecule has 1 aromatic rings. The molecule has 0 amide bonds. The largest absolute Gasteiger partial charge is 0.494 e. The molecule has 0 spiro atoms. The average Bonchev–Trinajstić information content (AvgIpc) is 2.56. The topological polar surface area (TPSA) is 32.7 Å². The monoisotopic (exact) mass is 429 g/mol. The minimum absolute atomic E-state index is 0. The third-order valence-corrected chi connectivity index (χ3v) is 5.12. The second-order valence-corrected chi connectivity index (χ2v) is 6.56. The Morgan fingerprint density at radius 3 is 2.48 bits per heavy atom. The molecule has 0 aliphatic carbocycles. The second kappa shape index (κ2) is 8.49. The first kappa shape index (κ1) is 18.7. The van der Waals surface area contributed by atoms with Gasteiger partial charge in [-0.3, -0.25) is 4.90 Å². The SMILES string of the molecule is C=C(c1ccc(OCCCC)cc1)C1C(O)C2CCN1CC2.I. The Balaban J connectivity index is 0.00000192. The van der Waals surface area contributed by atoms with Crippen molar-refractivity contribution in [1.29, 1.82) is 0 Å². The van der Waals surface area contributed by atoms with Crippen LogP contribution in [0.3, 0.4) is 0 Å². The van der Waals surface area contributed by atoms with E-state index in [-0.39, 0.29) is 36.1 Å². The van der Waals surface area contributed by atoms with Crippen LogP contribution in [0.25, 0.3) is 5.57 Å². The van der Waals surface area contributed by atoms with Gasteiger partial charge < -0.3 is 9.84 Å². The van der Waals surface area contributed by atoms with E-state index in [1.54, 1.807) is 0 Å². The van der Waals surface area contributed by atoms with Gasteiger partial charge in [0.15, 0.2) is 0 Å². The summed E-state index contributed by atoms with van der Waals surface area (Å²) in [6, 6.07) is 8.25. The summed E-state index contributed by atoms with van der Waals surface area (Å²) >= 11 is 0. The minimum Gasteiger partial charge on any atom is -0.494 e. The summed E-state index contributed by atoms with van der Waals surface area (Å²) in [6.45, 7) is 9.39. The number of halogens is 1. The number of hydrogen-bond acceptors (Lipinski definition) is 3. The summed E-state index contributed by atoms with van der Waals surface area (Å²) in [6.07, 6.45) is 4.20. The first-order valence-electron chi connectivity index (χ1n) is 8.55. The number of rotatable bonds is 6. The van der Waals surface area contributed by atoms with Crippen molar-refractivity contribution in [2.45, 2.75) is 44.8 Å². The normalized spacial score (nSPS) is 29.0. The van der Waals surface area contributed by atoms with E-state index in [1.807, 2.05) is 12.1 Å². The fourth-order valence-electron chi connectivity index (χ4n) is 3.71. The van der Waals surface area contributed by atoms with Crippen molar-refractivity contribution in [1.82, 2.24) is 4.90 Å². The summed E-state index contributed by atoms with van der Waals surface area (Å²) in [5, 5.41) is 10.6. The number of aliphatic hydroxyl groups is 1. The Morgan fingerprint density at radius 1 is 1.26 bits per heavy atom. The van der Waals surface area contributed by atoms with E-state index in [1.165, 1.54) is 0 Å². The van der Waals surface area contributed by atoms with E-state index in [2.05, 4.69) is 30.5 Å². The van der Waals surface area contributed by atoms with Gasteiger partial charge in [-0.2, -0.15) is 0 Å². The number of fused-ring (bicyclic) bond motifs is 3. The fourth-order valence-corrected chi connectivity index (χ4v) is 3.71. The second-order valence-electron chi connectivity index (χ2n) is 6.56. The number of ether oxygens (including phenoxy) is 1. The van der Waals surface area contributed by atoms with Gasteiger partial charge in [-0.25, -0.2) is 0 Å². The molecule has 2 unspecified atom stereocenters. The van der Waals surface area contributed by atoms with Crippen LogP contribution in [-0.2, 0) is 0 Å². The van der Waals surface area contributed by atoms with Gasteiger partial charge in [-0.05, 0) is 61.5 Å². The molecule has 1 N–H and O–H groups in total. The molecule has 3 fully saturated rings. The van der Waals surface area contributed by atoms with Gasteiger partial charge in [0.2, 0.25) is 0 Å². The first-order chi connectivity index (χ1) is 10.7. The predicted molar refractivity (Wildman–Crippen MR) is 105 cm³/mol. The highest BCUT2D eigenvalue weighted by molar-refractivity contribution is 14.0. The number of aliphatic hydroxyl groups excluding tert-OH is 1. The predicted octanol–water partition coefficient (Wildman–Crippen LogP) is 3.95. The minimum atomic E-state index is -0.268. The van der Waals surface area contributed by atoms with Crippen LogP contribution in [-0.4, -0.2) is 41.8 Å². The number of hydrogen-bond donors (Lipinski definition) is 1. The van der Waals surface area contributed by atoms with Crippen LogP contribution in [0.1, 0.15) is 38.2 Å². The zero-order chi connectivity index (χ0) is 15.5. The molecular formula is C19H28INO2. The maximum Gasteiger partial charge on any atom is 0.119 e. The molecule has 1 aromatic carbocycles. The lowest BCUT2D eigenvalue weighted by Gasteiger charge is -2.49. The molecule has 3 nitrogen and oxygen atoms in total. The van der Waals surface area contributed by atoms with Crippen LogP contribution in [0.15, 0.2) is 30.8 Å². The molecule has 0 saturated carbocycles. The Kier molecular flexibility index (Phi) is 6.92. The summed E-state index contributed by atoms with van der Waals surface area (Å²) < 4.78 is 5.71. The Labute approximate surface area is 156 Å². The third kappa shape index (κ3) is 4.09. The quantitative estimate of drug-likeness (QED) is 0.549. The zero-order valence-corrected chi connectivity index (χ0v) is 16.2. The zero-order valence-electron chi connectivity index (χ0n) is 13.9. The summed E-state index contributed by atoms with van der Waals surface area (Å²) in [5.74, 6) is 1.36. The maximum absolute atomic E-state index is 10.6. The molecule has 3 saturated heterocycles. The van der Waals surface area contributed by atoms with E-state index in [4.69, 9.17) is 4.74 Å². The molecule has 0 aromatic heterocycles. The van der Waals surface area contributed by atoms with Gasteiger partial charge in [0, 0.05) is 0 Å². The van der Waals surface area contributed by atoms with Crippen molar-refractivity contribution in [2.24, 2.45) is 5.92 Å². The molecule has 4 heteroatoms. The van der Waals surface area contributed by atoms with Crippen LogP contribution in [0.4, 0.5) is 0 Å². The van der Waals surface area contributed by atoms with Crippen LogP contribution < -0.4 is 4.74 Å². The molecular weight excluding hydrogens is 401 g/mol. The number of nitrogens with zero attached hydrogens (tertiary/aromatic N) is 1. The smallest absolute Gasteiger partial charge is 0.119 e. The van der Waals surface area contributed by atoms with Crippen molar-refractivity contribution in [3.05, 3.63) is 36.4 Å². The van der Waals surface area contributed by atoms with Gasteiger partial charge in [0.25, 0.3) is 0 Å². The molecule has 3 heterocycles. The molecule has 3 aliphatic rings. The molecule has 0 radical (unpaired) electrons. The Hall–Kier alpha value is -0.590. The lowest BCUT2D eigenvalue weighted by Crippen LogP contribution is -2.57. The third-order valence-electron chi connectivity index (χ3n) is 5.12. The Morgan fingerprint density at radius 2 is 1.91 bits per heavy atom. The van der Waals surface area contributed by atoms with Crippen molar-refractivity contribution >= 4 is 29.5 Å². The molecule has 23 heavy (non-hydrogen) atoms. The fraction of sp³-hybridized carbons (Fsp3) is 0.579. The first-order valence-corrected chi connectivity index (χ1v) is 8.55. The molecule has 3 aliphatic heterocycles. The molecule has 2 bridgehead atoms. The Bertz CT molecular complexity index is 507. The highest BCUT2D eigenvalue weighted by Gasteiger charge is 2.42. The van der Waals surface area contributed by atoms with Crippen LogP contribution in [0.2, 0.25) is 0 Å². The van der Waals surface area contributed by atoms with Gasteiger partial charge in [0.05, 0.1) is 18.8 Å². The van der Waals surface area contributed by atoms with E-state index in [0.717, 1.165) is 62.3 Å². The van der Waals surface area contributed by atoms with Gasteiger partial charge in [-0.15, -0.1) is 24.0 Å². The highest BCUT2D eigenvalue weighted by atomic mass is 127. The van der Waals surface area contributed by atoms with Crippen LogP contribution >= 0.6 is 24.0 Å². The van der Waals surface area contributed by atoms with Crippen LogP contribution in [0, 0.1) is 5.92 Å². The van der Waals surface area contributed by atoms with Crippen molar-refractivity contribution in [3.8, 4) is 5.75 Å². The lowest BCUT2D eigenvalue weighted by molar-refractivity contribution is -0.0496. The van der Waals surface area contributed by atoms with E-state index in [9.17, 15) is 5.11 Å². The summed E-state index contributed by atoms with van der Waals surface area (Å²) in [4.78, 5) is 2.39. The van der Waals surface area contributed by atoms with Gasteiger partial charge >= 0.3 is 0 Å². The summed E-state index contributed by atoms with van der Waals surface area (Å²) in [5.41, 5.74) is 2.15. The lowest BCUT2D eigenvalue weighted by atomic mass is 9.77.